The quantitative estimate of drug-likeness (QED) is 0.621. The zero-order valence-corrected chi connectivity index (χ0v) is 11.7. The van der Waals surface area contributed by atoms with E-state index in [0.717, 1.165) is 10.5 Å². The van der Waals surface area contributed by atoms with Gasteiger partial charge in [0.1, 0.15) is 11.3 Å². The molecule has 0 aromatic heterocycles. The number of benzene rings is 1. The first-order chi connectivity index (χ1) is 10.2. The minimum atomic E-state index is -0.614. The van der Waals surface area contributed by atoms with E-state index < -0.39 is 11.9 Å². The Bertz CT molecular complexity index is 671. The topological polar surface area (TPSA) is 61.6 Å². The molecule has 0 N–H and O–H groups in total. The molecule has 1 aliphatic heterocycles. The van der Waals surface area contributed by atoms with Gasteiger partial charge in [-0.2, -0.15) is 4.84 Å². The number of hydrogen-bond acceptors (Lipinski definition) is 4. The van der Waals surface area contributed by atoms with Gasteiger partial charge in [0, 0.05) is 23.7 Å². The number of nitrogens with zero attached hydrogens (tertiary/aromatic N) is 1. The Labute approximate surface area is 122 Å². The molecule has 2 aliphatic rings. The van der Waals surface area contributed by atoms with Crippen molar-refractivity contribution in [1.29, 1.82) is 0 Å². The van der Waals surface area contributed by atoms with E-state index in [1.807, 2.05) is 13.0 Å². The maximum absolute atomic E-state index is 12.4. The van der Waals surface area contributed by atoms with E-state index >= 15 is 0 Å². The van der Waals surface area contributed by atoms with Crippen molar-refractivity contribution in [3.8, 4) is 0 Å². The molecule has 0 saturated heterocycles. The van der Waals surface area contributed by atoms with E-state index in [9.17, 15) is 9.90 Å². The van der Waals surface area contributed by atoms with Crippen molar-refractivity contribution in [3.05, 3.63) is 53.6 Å². The lowest BCUT2D eigenvalue weighted by Crippen LogP contribution is -2.22. The molecular weight excluding hydrogens is 270 g/mol. The van der Waals surface area contributed by atoms with Crippen molar-refractivity contribution >= 4 is 17.3 Å². The fraction of sp³-hybridized carbons (Fsp3) is 0.250. The first-order valence-electron chi connectivity index (χ1n) is 6.89. The second-order valence-corrected chi connectivity index (χ2v) is 4.75. The van der Waals surface area contributed by atoms with Crippen LogP contribution in [-0.4, -0.2) is 23.0 Å². The molecule has 5 nitrogen and oxygen atoms in total. The molecule has 0 radical (unpaired) electrons. The summed E-state index contributed by atoms with van der Waals surface area (Å²) in [5.41, 5.74) is 1.30. The highest BCUT2D eigenvalue weighted by atomic mass is 16.7. The maximum atomic E-state index is 12.4. The van der Waals surface area contributed by atoms with E-state index in [1.54, 1.807) is 30.3 Å². The van der Waals surface area contributed by atoms with Crippen LogP contribution in [0.3, 0.4) is 0 Å². The summed E-state index contributed by atoms with van der Waals surface area (Å²) in [6.07, 6.45) is 3.10. The van der Waals surface area contributed by atoms with Crippen LogP contribution in [0.25, 0.3) is 5.57 Å². The molecule has 0 fully saturated rings. The molecule has 108 valence electrons. The molecule has 0 saturated carbocycles. The minimum absolute atomic E-state index is 0.0707. The monoisotopic (exact) mass is 285 g/mol. The van der Waals surface area contributed by atoms with E-state index in [4.69, 9.17) is 9.57 Å². The van der Waals surface area contributed by atoms with Crippen LogP contribution in [0.1, 0.15) is 25.3 Å². The number of carbonyl (C=O) groups excluding carboxylic acids is 1. The third-order valence-electron chi connectivity index (χ3n) is 3.38. The molecule has 1 aromatic rings. The van der Waals surface area contributed by atoms with Crippen molar-refractivity contribution < 1.29 is 24.2 Å². The van der Waals surface area contributed by atoms with Gasteiger partial charge >= 0.3 is 5.97 Å². The number of ether oxygens (including phenoxy) is 1. The van der Waals surface area contributed by atoms with Gasteiger partial charge in [-0.15, -0.1) is 0 Å². The van der Waals surface area contributed by atoms with Crippen molar-refractivity contribution in [2.24, 2.45) is 0 Å². The predicted molar refractivity (Wildman–Crippen MR) is 73.7 cm³/mol. The van der Waals surface area contributed by atoms with E-state index in [-0.39, 0.29) is 5.57 Å². The summed E-state index contributed by atoms with van der Waals surface area (Å²) in [4.78, 5) is 17.1. The van der Waals surface area contributed by atoms with Crippen molar-refractivity contribution in [2.75, 3.05) is 6.61 Å². The molecule has 5 heteroatoms. The van der Waals surface area contributed by atoms with Crippen LogP contribution in [0.2, 0.25) is 0 Å². The average Bonchev–Trinajstić information content (AvgIpc) is 3.05. The van der Waals surface area contributed by atoms with Gasteiger partial charge in [-0.1, -0.05) is 30.3 Å². The Morgan fingerprint density at radius 2 is 2.05 bits per heavy atom. The molecular formula is C16H15NO4. The SMILES string of the molecule is CCOC1=C/C(=[N+]2/OC(=O)C(c3ccccc3)=C2[O-])CC1. The first kappa shape index (κ1) is 13.4. The second kappa shape index (κ2) is 5.44. The standard InChI is InChI=1S/C16H15NO4/c1-2-20-13-9-8-12(10-13)17-15(18)14(16(19)21-17)11-6-4-3-5-7-11/h3-7,10H,2,8-9H2,1H3/b17-12+. The highest BCUT2D eigenvalue weighted by Gasteiger charge is 2.37. The van der Waals surface area contributed by atoms with Gasteiger partial charge in [0.05, 0.1) is 6.61 Å². The number of carbonyl (C=O) groups is 1. The summed E-state index contributed by atoms with van der Waals surface area (Å²) in [6.45, 7) is 2.48. The van der Waals surface area contributed by atoms with Crippen LogP contribution in [0.5, 0.6) is 0 Å². The summed E-state index contributed by atoms with van der Waals surface area (Å²) in [6, 6.07) is 8.83. The van der Waals surface area contributed by atoms with Gasteiger partial charge in [0.2, 0.25) is 11.6 Å². The van der Waals surface area contributed by atoms with Crippen LogP contribution in [0.4, 0.5) is 0 Å². The molecule has 1 aliphatic carbocycles. The third-order valence-corrected chi connectivity index (χ3v) is 3.38. The summed E-state index contributed by atoms with van der Waals surface area (Å²) in [7, 11) is 0. The fourth-order valence-electron chi connectivity index (χ4n) is 2.43. The normalized spacial score (nSPS) is 21.6. The Morgan fingerprint density at radius 3 is 2.76 bits per heavy atom. The maximum Gasteiger partial charge on any atom is 0.417 e. The second-order valence-electron chi connectivity index (χ2n) is 4.75. The van der Waals surface area contributed by atoms with Crippen LogP contribution in [0, 0.1) is 0 Å². The lowest BCUT2D eigenvalue weighted by molar-refractivity contribution is -0.773. The molecule has 0 atom stereocenters. The van der Waals surface area contributed by atoms with Crippen molar-refractivity contribution in [2.45, 2.75) is 19.8 Å². The molecule has 0 spiro atoms. The third kappa shape index (κ3) is 2.42. The summed E-state index contributed by atoms with van der Waals surface area (Å²) in [5.74, 6) is -0.225. The largest absolute Gasteiger partial charge is 0.819 e. The summed E-state index contributed by atoms with van der Waals surface area (Å²) < 4.78 is 6.50. The van der Waals surface area contributed by atoms with Crippen LogP contribution < -0.4 is 5.11 Å². The van der Waals surface area contributed by atoms with E-state index in [0.29, 0.717) is 30.7 Å². The van der Waals surface area contributed by atoms with Crippen LogP contribution in [0.15, 0.2) is 48.1 Å². The Balaban J connectivity index is 2.01. The summed E-state index contributed by atoms with van der Waals surface area (Å²) in [5, 5.41) is 12.4. The van der Waals surface area contributed by atoms with Gasteiger partial charge in [-0.25, -0.2) is 4.79 Å². The van der Waals surface area contributed by atoms with Gasteiger partial charge in [-0.3, -0.25) is 0 Å². The highest BCUT2D eigenvalue weighted by Crippen LogP contribution is 2.26. The van der Waals surface area contributed by atoms with Crippen molar-refractivity contribution in [3.63, 3.8) is 0 Å². The number of hydrogen-bond donors (Lipinski definition) is 0. The number of allylic oxidation sites excluding steroid dienone is 2. The molecule has 0 bridgehead atoms. The molecule has 3 rings (SSSR count). The Kier molecular flexibility index (Phi) is 3.48. The smallest absolute Gasteiger partial charge is 0.417 e. The lowest BCUT2D eigenvalue weighted by atomic mass is 10.1. The van der Waals surface area contributed by atoms with Gasteiger partial charge in [0.25, 0.3) is 0 Å². The molecule has 21 heavy (non-hydrogen) atoms. The van der Waals surface area contributed by atoms with Gasteiger partial charge < -0.3 is 9.84 Å². The number of hydroxylamine groups is 1. The highest BCUT2D eigenvalue weighted by molar-refractivity contribution is 6.17. The number of rotatable bonds is 3. The lowest BCUT2D eigenvalue weighted by Gasteiger charge is -2.01. The fourth-order valence-corrected chi connectivity index (χ4v) is 2.43. The molecule has 0 unspecified atom stereocenters. The molecule has 1 heterocycles. The van der Waals surface area contributed by atoms with E-state index in [1.165, 1.54) is 0 Å². The van der Waals surface area contributed by atoms with Crippen LogP contribution >= 0.6 is 0 Å². The molecule has 0 amide bonds. The zero-order valence-electron chi connectivity index (χ0n) is 11.7. The van der Waals surface area contributed by atoms with Gasteiger partial charge in [-0.05, 0) is 12.5 Å². The first-order valence-corrected chi connectivity index (χ1v) is 6.89. The molecule has 1 aromatic carbocycles. The van der Waals surface area contributed by atoms with E-state index in [2.05, 4.69) is 0 Å². The summed E-state index contributed by atoms with van der Waals surface area (Å²) >= 11 is 0. The van der Waals surface area contributed by atoms with Crippen molar-refractivity contribution in [1.82, 2.24) is 0 Å². The minimum Gasteiger partial charge on any atom is -0.819 e. The zero-order chi connectivity index (χ0) is 14.8. The Morgan fingerprint density at radius 1 is 1.29 bits per heavy atom. The Hall–Kier alpha value is -2.56. The average molecular weight is 285 g/mol. The van der Waals surface area contributed by atoms with Gasteiger partial charge in [0.15, 0.2) is 0 Å². The van der Waals surface area contributed by atoms with Crippen LogP contribution in [-0.2, 0) is 14.4 Å². The predicted octanol–water partition coefficient (Wildman–Crippen LogP) is 1.35.